The number of nitrogens with one attached hydrogen (secondary N) is 1. The van der Waals surface area contributed by atoms with Crippen molar-refractivity contribution in [2.45, 2.75) is 25.1 Å². The fourth-order valence-corrected chi connectivity index (χ4v) is 4.26. The molecule has 2 aliphatic heterocycles. The number of benzene rings is 2. The molecule has 0 aliphatic carbocycles. The Morgan fingerprint density at radius 3 is 2.47 bits per heavy atom. The monoisotopic (exact) mass is 449 g/mol. The van der Waals surface area contributed by atoms with Crippen LogP contribution in [-0.2, 0) is 10.9 Å². The van der Waals surface area contributed by atoms with Gasteiger partial charge in [0.15, 0.2) is 0 Å². The lowest BCUT2D eigenvalue weighted by Gasteiger charge is -2.32. The summed E-state index contributed by atoms with van der Waals surface area (Å²) in [4.78, 5) is 16.8. The average molecular weight is 449 g/mol. The number of carbonyl (C=O) groups excluding carboxylic acids is 1. The predicted octanol–water partition coefficient (Wildman–Crippen LogP) is 4.92. The van der Waals surface area contributed by atoms with E-state index >= 15 is 0 Å². The van der Waals surface area contributed by atoms with Crippen LogP contribution >= 0.6 is 0 Å². The highest BCUT2D eigenvalue weighted by Gasteiger charge is 2.34. The molecule has 2 saturated heterocycles. The number of rotatable bonds is 4. The number of likely N-dealkylation sites (tertiary alicyclic amines) is 1. The summed E-state index contributed by atoms with van der Waals surface area (Å²) in [6.07, 6.45) is -2.88. The maximum absolute atomic E-state index is 13.4. The first-order valence-electron chi connectivity index (χ1n) is 10.6. The molecule has 0 spiro atoms. The Morgan fingerprint density at radius 1 is 1.09 bits per heavy atom. The van der Waals surface area contributed by atoms with Crippen LogP contribution in [0.15, 0.2) is 42.5 Å². The van der Waals surface area contributed by atoms with Crippen molar-refractivity contribution in [1.82, 2.24) is 4.90 Å². The normalized spacial score (nSPS) is 19.2. The average Bonchev–Trinajstić information content (AvgIpc) is 3.29. The van der Waals surface area contributed by atoms with Crippen LogP contribution < -0.4 is 15.0 Å². The number of nitrogens with zero attached hydrogens (tertiary/aromatic N) is 2. The molecule has 2 aliphatic rings. The van der Waals surface area contributed by atoms with Crippen molar-refractivity contribution in [1.29, 1.82) is 0 Å². The number of morpholine rings is 1. The molecule has 32 heavy (non-hydrogen) atoms. The van der Waals surface area contributed by atoms with E-state index in [1.54, 1.807) is 12.0 Å². The molecule has 2 heterocycles. The summed E-state index contributed by atoms with van der Waals surface area (Å²) in [6, 6.07) is 10.5. The van der Waals surface area contributed by atoms with Gasteiger partial charge in [-0.05, 0) is 48.7 Å². The van der Waals surface area contributed by atoms with E-state index in [0.717, 1.165) is 36.3 Å². The minimum atomic E-state index is -4.50. The molecule has 2 aromatic rings. The molecule has 2 fully saturated rings. The quantitative estimate of drug-likeness (QED) is 0.720. The van der Waals surface area contributed by atoms with Gasteiger partial charge in [0.1, 0.15) is 5.75 Å². The Morgan fingerprint density at radius 2 is 1.81 bits per heavy atom. The second kappa shape index (κ2) is 9.28. The molecular formula is C23H26F3N3O3. The zero-order chi connectivity index (χ0) is 22.7. The smallest absolute Gasteiger partial charge is 0.416 e. The summed E-state index contributed by atoms with van der Waals surface area (Å²) >= 11 is 0. The third-order valence-corrected chi connectivity index (χ3v) is 5.93. The highest BCUT2D eigenvalue weighted by atomic mass is 19.4. The molecular weight excluding hydrogens is 423 g/mol. The molecule has 4 rings (SSSR count). The second-order valence-corrected chi connectivity index (χ2v) is 7.88. The molecule has 9 heteroatoms. The molecule has 172 valence electrons. The maximum Gasteiger partial charge on any atom is 0.416 e. The molecule has 0 radical (unpaired) electrons. The zero-order valence-electron chi connectivity index (χ0n) is 17.8. The molecule has 0 bridgehead atoms. The van der Waals surface area contributed by atoms with Crippen LogP contribution in [0.25, 0.3) is 0 Å². The van der Waals surface area contributed by atoms with Crippen LogP contribution in [0.2, 0.25) is 0 Å². The number of carbonyl (C=O) groups is 1. The fraction of sp³-hybridized carbons (Fsp3) is 0.435. The van der Waals surface area contributed by atoms with Crippen LogP contribution in [0.3, 0.4) is 0 Å². The Hall–Kier alpha value is -2.94. The first kappa shape index (κ1) is 22.3. The standard InChI is InChI=1S/C23H26F3N3O3/c1-31-18-7-4-16(5-8-18)20-3-2-10-29(20)22(30)27-19-15-17(23(24,25)26)6-9-21(19)28-11-13-32-14-12-28/h4-9,15,20H,2-3,10-14H2,1H3,(H,27,30)/t20-/m1/s1. The molecule has 2 amide bonds. The minimum absolute atomic E-state index is 0.140. The number of hydrogen-bond donors (Lipinski definition) is 1. The lowest BCUT2D eigenvalue weighted by Crippen LogP contribution is -2.38. The molecule has 0 aromatic heterocycles. The molecule has 0 saturated carbocycles. The Labute approximate surface area is 184 Å². The van der Waals surface area contributed by atoms with Gasteiger partial charge >= 0.3 is 12.2 Å². The number of methoxy groups -OCH3 is 1. The van der Waals surface area contributed by atoms with E-state index < -0.39 is 17.8 Å². The SMILES string of the molecule is COc1ccc([C@H]2CCCN2C(=O)Nc2cc(C(F)(F)F)ccc2N2CCOCC2)cc1. The van der Waals surface area contributed by atoms with Crippen LogP contribution in [-0.4, -0.2) is 50.9 Å². The van der Waals surface area contributed by atoms with Crippen molar-refractivity contribution in [3.05, 3.63) is 53.6 Å². The van der Waals surface area contributed by atoms with E-state index in [1.807, 2.05) is 29.2 Å². The molecule has 0 unspecified atom stereocenters. The summed E-state index contributed by atoms with van der Waals surface area (Å²) in [6.45, 7) is 2.60. The van der Waals surface area contributed by atoms with Gasteiger partial charge in [-0.25, -0.2) is 4.79 Å². The number of amides is 2. The molecule has 2 aromatic carbocycles. The predicted molar refractivity (Wildman–Crippen MR) is 115 cm³/mol. The van der Waals surface area contributed by atoms with Crippen LogP contribution in [0, 0.1) is 0 Å². The van der Waals surface area contributed by atoms with E-state index in [2.05, 4.69) is 5.32 Å². The number of halogens is 3. The number of anilines is 2. The summed E-state index contributed by atoms with van der Waals surface area (Å²) in [7, 11) is 1.59. The number of alkyl halides is 3. The largest absolute Gasteiger partial charge is 0.497 e. The van der Waals surface area contributed by atoms with Gasteiger partial charge in [0, 0.05) is 19.6 Å². The first-order chi connectivity index (χ1) is 15.4. The van der Waals surface area contributed by atoms with E-state index in [4.69, 9.17) is 9.47 Å². The van der Waals surface area contributed by atoms with Gasteiger partial charge < -0.3 is 24.6 Å². The van der Waals surface area contributed by atoms with Crippen molar-refractivity contribution in [2.75, 3.05) is 50.2 Å². The summed E-state index contributed by atoms with van der Waals surface area (Å²) in [5.74, 6) is 0.724. The fourth-order valence-electron chi connectivity index (χ4n) is 4.26. The second-order valence-electron chi connectivity index (χ2n) is 7.88. The summed E-state index contributed by atoms with van der Waals surface area (Å²) in [5.41, 5.74) is 0.899. The Balaban J connectivity index is 1.59. The van der Waals surface area contributed by atoms with E-state index in [9.17, 15) is 18.0 Å². The lowest BCUT2D eigenvalue weighted by atomic mass is 10.0. The highest BCUT2D eigenvalue weighted by Crippen LogP contribution is 2.37. The van der Waals surface area contributed by atoms with Gasteiger partial charge in [0.05, 0.1) is 43.3 Å². The maximum atomic E-state index is 13.4. The van der Waals surface area contributed by atoms with Crippen LogP contribution in [0.5, 0.6) is 5.75 Å². The zero-order valence-corrected chi connectivity index (χ0v) is 17.8. The highest BCUT2D eigenvalue weighted by molar-refractivity contribution is 5.94. The first-order valence-corrected chi connectivity index (χ1v) is 10.6. The van der Waals surface area contributed by atoms with Crippen LogP contribution in [0.1, 0.15) is 30.0 Å². The molecule has 1 N–H and O–H groups in total. The third-order valence-electron chi connectivity index (χ3n) is 5.93. The van der Waals surface area contributed by atoms with Crippen molar-refractivity contribution >= 4 is 17.4 Å². The number of ether oxygens (including phenoxy) is 2. The van der Waals surface area contributed by atoms with Crippen molar-refractivity contribution in [3.8, 4) is 5.75 Å². The van der Waals surface area contributed by atoms with E-state index in [0.29, 0.717) is 38.5 Å². The van der Waals surface area contributed by atoms with E-state index in [-0.39, 0.29) is 11.7 Å². The van der Waals surface area contributed by atoms with Gasteiger partial charge in [0.25, 0.3) is 0 Å². The third kappa shape index (κ3) is 4.77. The minimum Gasteiger partial charge on any atom is -0.497 e. The van der Waals surface area contributed by atoms with Crippen LogP contribution in [0.4, 0.5) is 29.3 Å². The molecule has 1 atom stereocenters. The van der Waals surface area contributed by atoms with Gasteiger partial charge in [-0.15, -0.1) is 0 Å². The van der Waals surface area contributed by atoms with Gasteiger partial charge in [0.2, 0.25) is 0 Å². The van der Waals surface area contributed by atoms with Crippen molar-refractivity contribution in [2.24, 2.45) is 0 Å². The molecule has 6 nitrogen and oxygen atoms in total. The van der Waals surface area contributed by atoms with Gasteiger partial charge in [-0.1, -0.05) is 12.1 Å². The van der Waals surface area contributed by atoms with Crippen molar-refractivity contribution in [3.63, 3.8) is 0 Å². The number of hydrogen-bond acceptors (Lipinski definition) is 4. The Bertz CT molecular complexity index is 944. The topological polar surface area (TPSA) is 54.0 Å². The van der Waals surface area contributed by atoms with Crippen molar-refractivity contribution < 1.29 is 27.4 Å². The van der Waals surface area contributed by atoms with Gasteiger partial charge in [-0.2, -0.15) is 13.2 Å². The Kier molecular flexibility index (Phi) is 6.45. The number of urea groups is 1. The lowest BCUT2D eigenvalue weighted by molar-refractivity contribution is -0.137. The summed E-state index contributed by atoms with van der Waals surface area (Å²) in [5, 5.41) is 2.76. The van der Waals surface area contributed by atoms with E-state index in [1.165, 1.54) is 6.07 Å². The summed E-state index contributed by atoms with van der Waals surface area (Å²) < 4.78 is 50.6. The van der Waals surface area contributed by atoms with Gasteiger partial charge in [-0.3, -0.25) is 0 Å².